The van der Waals surface area contributed by atoms with E-state index in [1.165, 1.54) is 32.1 Å². The lowest BCUT2D eigenvalue weighted by Gasteiger charge is -2.32. The molecule has 0 saturated heterocycles. The molecule has 0 saturated carbocycles. The molecule has 2 aliphatic rings. The summed E-state index contributed by atoms with van der Waals surface area (Å²) in [6.07, 6.45) is 16.5. The number of rotatable bonds is 0. The third-order valence-corrected chi connectivity index (χ3v) is 3.62. The first-order valence-corrected chi connectivity index (χ1v) is 5.71. The topological polar surface area (TPSA) is 0 Å². The van der Waals surface area contributed by atoms with Crippen molar-refractivity contribution < 1.29 is 0 Å². The summed E-state index contributed by atoms with van der Waals surface area (Å²) in [5.74, 6) is 2.62. The van der Waals surface area contributed by atoms with Crippen LogP contribution in [0.5, 0.6) is 0 Å². The number of hydrogen-bond donors (Lipinski definition) is 0. The van der Waals surface area contributed by atoms with Gasteiger partial charge in [0.05, 0.1) is 0 Å². The van der Waals surface area contributed by atoms with Gasteiger partial charge >= 0.3 is 0 Å². The van der Waals surface area contributed by atoms with Crippen LogP contribution in [0, 0.1) is 17.8 Å². The summed E-state index contributed by atoms with van der Waals surface area (Å²) in [6, 6.07) is 0. The van der Waals surface area contributed by atoms with Crippen LogP contribution >= 0.6 is 0 Å². The van der Waals surface area contributed by atoms with E-state index in [-0.39, 0.29) is 0 Å². The summed E-state index contributed by atoms with van der Waals surface area (Å²) in [6.45, 7) is 2.39. The van der Waals surface area contributed by atoms with Gasteiger partial charge in [0, 0.05) is 0 Å². The summed E-state index contributed by atoms with van der Waals surface area (Å²) < 4.78 is 0. The van der Waals surface area contributed by atoms with Crippen molar-refractivity contribution in [2.75, 3.05) is 0 Å². The molecule has 0 radical (unpaired) electrons. The highest BCUT2D eigenvalue weighted by Gasteiger charge is 2.25. The predicted octanol–water partition coefficient (Wildman–Crippen LogP) is 3.95. The normalized spacial score (nSPS) is 39.3. The van der Waals surface area contributed by atoms with E-state index in [1.54, 1.807) is 0 Å². The molecule has 0 heteroatoms. The van der Waals surface area contributed by atoms with E-state index in [1.807, 2.05) is 0 Å². The molecular weight excluding hydrogens is 156 g/mol. The molecule has 0 aliphatic heterocycles. The summed E-state index contributed by atoms with van der Waals surface area (Å²) in [5.41, 5.74) is 0. The van der Waals surface area contributed by atoms with E-state index in [9.17, 15) is 0 Å². The summed E-state index contributed by atoms with van der Waals surface area (Å²) in [5, 5.41) is 0. The van der Waals surface area contributed by atoms with Crippen molar-refractivity contribution in [1.29, 1.82) is 0 Å². The lowest BCUT2D eigenvalue weighted by molar-refractivity contribution is 0.269. The molecule has 0 nitrogen and oxygen atoms in total. The average Bonchev–Trinajstić information content (AvgIpc) is 2.14. The molecule has 0 heterocycles. The van der Waals surface area contributed by atoms with Gasteiger partial charge in [-0.15, -0.1) is 0 Å². The molecule has 2 rings (SSSR count). The molecule has 0 amide bonds. The Labute approximate surface area is 81.7 Å². The van der Waals surface area contributed by atoms with Gasteiger partial charge in [0.2, 0.25) is 0 Å². The Hall–Kier alpha value is -0.520. The van der Waals surface area contributed by atoms with Gasteiger partial charge in [-0.1, -0.05) is 31.2 Å². The van der Waals surface area contributed by atoms with Crippen LogP contribution in [0.15, 0.2) is 24.3 Å². The largest absolute Gasteiger partial charge is 0.0883 e. The fourth-order valence-electron chi connectivity index (χ4n) is 2.80. The van der Waals surface area contributed by atoms with Gasteiger partial charge in [-0.3, -0.25) is 0 Å². The Kier molecular flexibility index (Phi) is 2.87. The molecular formula is C13H20. The summed E-state index contributed by atoms with van der Waals surface area (Å²) >= 11 is 0. The minimum atomic E-state index is 0.801. The first kappa shape index (κ1) is 9.05. The van der Waals surface area contributed by atoms with Gasteiger partial charge in [0.1, 0.15) is 0 Å². The van der Waals surface area contributed by atoms with E-state index in [0.29, 0.717) is 0 Å². The summed E-state index contributed by atoms with van der Waals surface area (Å²) in [7, 11) is 0. The van der Waals surface area contributed by atoms with Gasteiger partial charge < -0.3 is 0 Å². The lowest BCUT2D eigenvalue weighted by atomic mass is 9.73. The fraction of sp³-hybridized carbons (Fsp3) is 0.692. The van der Waals surface area contributed by atoms with Gasteiger partial charge in [-0.05, 0) is 49.9 Å². The van der Waals surface area contributed by atoms with Crippen molar-refractivity contribution >= 4 is 0 Å². The minimum absolute atomic E-state index is 0.801. The van der Waals surface area contributed by atoms with Gasteiger partial charge in [0.15, 0.2) is 0 Å². The van der Waals surface area contributed by atoms with Crippen LogP contribution in [0.4, 0.5) is 0 Å². The Morgan fingerprint density at radius 3 is 2.77 bits per heavy atom. The molecule has 0 N–H and O–H groups in total. The second-order valence-electron chi connectivity index (χ2n) is 4.55. The van der Waals surface area contributed by atoms with Gasteiger partial charge in [-0.25, -0.2) is 0 Å². The van der Waals surface area contributed by atoms with Crippen molar-refractivity contribution in [3.63, 3.8) is 0 Å². The Morgan fingerprint density at radius 1 is 1.00 bits per heavy atom. The smallest absolute Gasteiger partial charge is 0.0199 e. The van der Waals surface area contributed by atoms with Crippen molar-refractivity contribution in [2.45, 2.75) is 39.0 Å². The molecule has 72 valence electrons. The average molecular weight is 176 g/mol. The highest BCUT2D eigenvalue weighted by molar-refractivity contribution is 5.03. The monoisotopic (exact) mass is 176 g/mol. The Morgan fingerprint density at radius 2 is 1.85 bits per heavy atom. The number of hydrogen-bond acceptors (Lipinski definition) is 0. The van der Waals surface area contributed by atoms with Crippen molar-refractivity contribution in [2.24, 2.45) is 17.8 Å². The molecule has 0 aromatic heterocycles. The summed E-state index contributed by atoms with van der Waals surface area (Å²) in [4.78, 5) is 0. The van der Waals surface area contributed by atoms with E-state index in [4.69, 9.17) is 0 Å². The van der Waals surface area contributed by atoms with Crippen LogP contribution in [-0.4, -0.2) is 0 Å². The van der Waals surface area contributed by atoms with Crippen LogP contribution in [0.1, 0.15) is 39.0 Å². The molecule has 0 fully saturated rings. The first-order valence-electron chi connectivity index (χ1n) is 5.71. The van der Waals surface area contributed by atoms with Gasteiger partial charge in [-0.2, -0.15) is 0 Å². The van der Waals surface area contributed by atoms with Crippen LogP contribution in [-0.2, 0) is 0 Å². The third-order valence-electron chi connectivity index (χ3n) is 3.62. The molecule has 3 unspecified atom stereocenters. The Balaban J connectivity index is 2.13. The highest BCUT2D eigenvalue weighted by Crippen LogP contribution is 2.36. The molecule has 0 aromatic rings. The highest BCUT2D eigenvalue weighted by atomic mass is 14.3. The second kappa shape index (κ2) is 4.13. The van der Waals surface area contributed by atoms with E-state index < -0.39 is 0 Å². The molecule has 0 spiro atoms. The zero-order valence-corrected chi connectivity index (χ0v) is 8.58. The standard InChI is InChI=1S/C13H20/c1-11-7-3-2-4-8-12-9-5-6-10-13(11)12/h3,5,7,9,11-13H,2,4,6,8,10H2,1H3. The molecule has 13 heavy (non-hydrogen) atoms. The van der Waals surface area contributed by atoms with Crippen molar-refractivity contribution in [3.8, 4) is 0 Å². The zero-order valence-electron chi connectivity index (χ0n) is 8.58. The molecule has 2 aliphatic carbocycles. The minimum Gasteiger partial charge on any atom is -0.0883 e. The van der Waals surface area contributed by atoms with Gasteiger partial charge in [0.25, 0.3) is 0 Å². The maximum Gasteiger partial charge on any atom is -0.0199 e. The van der Waals surface area contributed by atoms with Crippen molar-refractivity contribution in [3.05, 3.63) is 24.3 Å². The number of fused-ring (bicyclic) bond motifs is 1. The molecule has 3 atom stereocenters. The van der Waals surface area contributed by atoms with Crippen LogP contribution in [0.3, 0.4) is 0 Å². The quantitative estimate of drug-likeness (QED) is 0.490. The maximum absolute atomic E-state index is 2.48. The van der Waals surface area contributed by atoms with E-state index in [2.05, 4.69) is 31.2 Å². The Bertz CT molecular complexity index is 212. The van der Waals surface area contributed by atoms with Crippen LogP contribution in [0.2, 0.25) is 0 Å². The van der Waals surface area contributed by atoms with E-state index >= 15 is 0 Å². The number of allylic oxidation sites excluding steroid dienone is 4. The second-order valence-corrected chi connectivity index (χ2v) is 4.55. The SMILES string of the molecule is CC1C=CCCCC2C=CCCC12. The van der Waals surface area contributed by atoms with Crippen molar-refractivity contribution in [1.82, 2.24) is 0 Å². The lowest BCUT2D eigenvalue weighted by Crippen LogP contribution is -2.22. The predicted molar refractivity (Wildman–Crippen MR) is 57.5 cm³/mol. The first-order chi connectivity index (χ1) is 6.38. The zero-order chi connectivity index (χ0) is 9.10. The fourth-order valence-corrected chi connectivity index (χ4v) is 2.80. The van der Waals surface area contributed by atoms with E-state index in [0.717, 1.165) is 17.8 Å². The molecule has 0 bridgehead atoms. The van der Waals surface area contributed by atoms with Crippen LogP contribution in [0.25, 0.3) is 0 Å². The van der Waals surface area contributed by atoms with Crippen LogP contribution < -0.4 is 0 Å². The maximum atomic E-state index is 2.48. The molecule has 0 aromatic carbocycles. The third kappa shape index (κ3) is 2.04.